The second-order valence-electron chi connectivity index (χ2n) is 4.82. The molecule has 0 aromatic rings. The summed E-state index contributed by atoms with van der Waals surface area (Å²) in [6, 6.07) is 0. The third-order valence-corrected chi connectivity index (χ3v) is 3.27. The second kappa shape index (κ2) is 4.89. The van der Waals surface area contributed by atoms with Crippen LogP contribution in [0, 0.1) is 11.3 Å². The van der Waals surface area contributed by atoms with E-state index in [0.29, 0.717) is 11.7 Å². The molecule has 3 heteroatoms. The summed E-state index contributed by atoms with van der Waals surface area (Å²) >= 11 is 0. The fraction of sp³-hybridized carbons (Fsp3) is 0.900. The molecule has 0 spiro atoms. The minimum Gasteiger partial charge on any atom is -0.298 e. The maximum absolute atomic E-state index is 11.5. The van der Waals surface area contributed by atoms with E-state index in [1.165, 1.54) is 0 Å². The van der Waals surface area contributed by atoms with Crippen LogP contribution in [0.1, 0.15) is 34.6 Å². The summed E-state index contributed by atoms with van der Waals surface area (Å²) in [5, 5.41) is 0. The summed E-state index contributed by atoms with van der Waals surface area (Å²) in [4.78, 5) is 11.5. The fourth-order valence-corrected chi connectivity index (χ4v) is 2.38. The molecule has 1 unspecified atom stereocenters. The van der Waals surface area contributed by atoms with Crippen LogP contribution >= 0.6 is 0 Å². The Morgan fingerprint density at radius 3 is 2.08 bits per heavy atom. The Bertz CT molecular complexity index is 201. The van der Waals surface area contributed by atoms with Gasteiger partial charge in [-0.3, -0.25) is 9.00 Å². The summed E-state index contributed by atoms with van der Waals surface area (Å²) in [7, 11) is -0.976. The number of Topliss-reactive ketones (excluding diaryl/α,β-unsaturated/α-hetero) is 1. The molecule has 78 valence electrons. The minimum atomic E-state index is -0.976. The van der Waals surface area contributed by atoms with E-state index in [-0.39, 0.29) is 17.0 Å². The van der Waals surface area contributed by atoms with Gasteiger partial charge in [0, 0.05) is 22.0 Å². The molecule has 0 saturated carbocycles. The maximum Gasteiger partial charge on any atom is 0.150 e. The molecule has 0 aromatic heterocycles. The molecule has 0 aromatic carbocycles. The molecule has 0 fully saturated rings. The molecular formula is C10H20O2S. The topological polar surface area (TPSA) is 34.1 Å². The van der Waals surface area contributed by atoms with E-state index in [1.54, 1.807) is 0 Å². The molecule has 1 atom stereocenters. The fourth-order valence-electron chi connectivity index (χ4n) is 0.793. The normalized spacial score (nSPS) is 14.6. The number of hydrogen-bond donors (Lipinski definition) is 0. The monoisotopic (exact) mass is 204 g/mol. The van der Waals surface area contributed by atoms with Crippen molar-refractivity contribution in [1.29, 1.82) is 0 Å². The Kier molecular flexibility index (Phi) is 4.82. The van der Waals surface area contributed by atoms with Gasteiger partial charge < -0.3 is 0 Å². The van der Waals surface area contributed by atoms with Crippen molar-refractivity contribution in [2.45, 2.75) is 34.6 Å². The van der Waals surface area contributed by atoms with Gasteiger partial charge in [-0.05, 0) is 5.92 Å². The highest BCUT2D eigenvalue weighted by Gasteiger charge is 2.22. The standard InChI is InChI=1S/C10H20O2S/c1-8(2)6-13(12)7-9(11)10(3,4)5/h8H,6-7H2,1-5H3. The molecule has 0 heterocycles. The van der Waals surface area contributed by atoms with Gasteiger partial charge in [0.05, 0.1) is 5.75 Å². The average Bonchev–Trinajstić information content (AvgIpc) is 1.82. The van der Waals surface area contributed by atoms with Gasteiger partial charge in [0.15, 0.2) is 5.78 Å². The van der Waals surface area contributed by atoms with Crippen molar-refractivity contribution in [3.05, 3.63) is 0 Å². The smallest absolute Gasteiger partial charge is 0.150 e. The number of ketones is 1. The molecule has 0 aliphatic carbocycles. The SMILES string of the molecule is CC(C)CS(=O)CC(=O)C(C)(C)C. The predicted octanol–water partition coefficient (Wildman–Crippen LogP) is 2.01. The second-order valence-corrected chi connectivity index (χ2v) is 6.32. The summed E-state index contributed by atoms with van der Waals surface area (Å²) in [5.41, 5.74) is -0.355. The number of carbonyl (C=O) groups excluding carboxylic acids is 1. The van der Waals surface area contributed by atoms with Crippen molar-refractivity contribution in [2.24, 2.45) is 11.3 Å². The molecule has 13 heavy (non-hydrogen) atoms. The first kappa shape index (κ1) is 12.8. The van der Waals surface area contributed by atoms with Crippen LogP contribution in [0.25, 0.3) is 0 Å². The molecule has 0 rings (SSSR count). The van der Waals surface area contributed by atoms with Crippen LogP contribution in [-0.2, 0) is 15.6 Å². The summed E-state index contributed by atoms with van der Waals surface area (Å²) in [6.07, 6.45) is 0. The zero-order valence-electron chi connectivity index (χ0n) is 9.22. The highest BCUT2D eigenvalue weighted by atomic mass is 32.2. The molecule has 2 nitrogen and oxygen atoms in total. The van der Waals surface area contributed by atoms with Gasteiger partial charge >= 0.3 is 0 Å². The molecular weight excluding hydrogens is 184 g/mol. The van der Waals surface area contributed by atoms with Crippen LogP contribution in [0.4, 0.5) is 0 Å². The number of rotatable bonds is 4. The van der Waals surface area contributed by atoms with E-state index in [0.717, 1.165) is 0 Å². The van der Waals surface area contributed by atoms with Gasteiger partial charge in [-0.1, -0.05) is 34.6 Å². The summed E-state index contributed by atoms with van der Waals surface area (Å²) in [6.45, 7) is 9.62. The van der Waals surface area contributed by atoms with Crippen molar-refractivity contribution in [1.82, 2.24) is 0 Å². The van der Waals surface area contributed by atoms with Crippen LogP contribution in [0.5, 0.6) is 0 Å². The van der Waals surface area contributed by atoms with E-state index < -0.39 is 10.8 Å². The number of hydrogen-bond acceptors (Lipinski definition) is 2. The highest BCUT2D eigenvalue weighted by molar-refractivity contribution is 7.85. The lowest BCUT2D eigenvalue weighted by Crippen LogP contribution is -2.27. The molecule has 0 amide bonds. The van der Waals surface area contributed by atoms with E-state index in [9.17, 15) is 9.00 Å². The molecule has 0 aliphatic heterocycles. The minimum absolute atomic E-state index is 0.0893. The highest BCUT2D eigenvalue weighted by Crippen LogP contribution is 2.15. The van der Waals surface area contributed by atoms with Crippen molar-refractivity contribution >= 4 is 16.6 Å². The van der Waals surface area contributed by atoms with Crippen LogP contribution in [0.2, 0.25) is 0 Å². The molecule has 0 radical (unpaired) electrons. The lowest BCUT2D eigenvalue weighted by molar-refractivity contribution is -0.123. The summed E-state index contributed by atoms with van der Waals surface area (Å²) in [5.74, 6) is 1.32. The van der Waals surface area contributed by atoms with Crippen LogP contribution in [0.15, 0.2) is 0 Å². The quantitative estimate of drug-likeness (QED) is 0.702. The van der Waals surface area contributed by atoms with E-state index in [4.69, 9.17) is 0 Å². The molecule has 0 bridgehead atoms. The predicted molar refractivity (Wildman–Crippen MR) is 57.2 cm³/mol. The lowest BCUT2D eigenvalue weighted by atomic mass is 9.92. The van der Waals surface area contributed by atoms with E-state index in [2.05, 4.69) is 0 Å². The van der Waals surface area contributed by atoms with Crippen molar-refractivity contribution < 1.29 is 9.00 Å². The van der Waals surface area contributed by atoms with Gasteiger partial charge in [-0.25, -0.2) is 0 Å². The first-order chi connectivity index (χ1) is 5.73. The van der Waals surface area contributed by atoms with Crippen LogP contribution in [-0.4, -0.2) is 21.5 Å². The molecule has 0 aliphatic rings. The zero-order valence-corrected chi connectivity index (χ0v) is 10.0. The Labute approximate surface area is 83.6 Å². The van der Waals surface area contributed by atoms with E-state index >= 15 is 0 Å². The van der Waals surface area contributed by atoms with Crippen LogP contribution < -0.4 is 0 Å². The van der Waals surface area contributed by atoms with Gasteiger partial charge in [0.2, 0.25) is 0 Å². The average molecular weight is 204 g/mol. The van der Waals surface area contributed by atoms with Crippen molar-refractivity contribution in [3.63, 3.8) is 0 Å². The van der Waals surface area contributed by atoms with Crippen molar-refractivity contribution in [2.75, 3.05) is 11.5 Å². The first-order valence-electron chi connectivity index (χ1n) is 4.61. The Morgan fingerprint density at radius 1 is 1.31 bits per heavy atom. The largest absolute Gasteiger partial charge is 0.298 e. The Balaban J connectivity index is 4.01. The first-order valence-corrected chi connectivity index (χ1v) is 6.10. The van der Waals surface area contributed by atoms with Crippen LogP contribution in [0.3, 0.4) is 0 Å². The molecule has 0 N–H and O–H groups in total. The Hall–Kier alpha value is -0.180. The van der Waals surface area contributed by atoms with Gasteiger partial charge in [-0.15, -0.1) is 0 Å². The van der Waals surface area contributed by atoms with Gasteiger partial charge in [0.1, 0.15) is 0 Å². The third-order valence-electron chi connectivity index (χ3n) is 1.65. The van der Waals surface area contributed by atoms with Gasteiger partial charge in [-0.2, -0.15) is 0 Å². The Morgan fingerprint density at radius 2 is 1.77 bits per heavy atom. The molecule has 0 saturated heterocycles. The summed E-state index contributed by atoms with van der Waals surface area (Å²) < 4.78 is 11.4. The maximum atomic E-state index is 11.5. The zero-order chi connectivity index (χ0) is 10.6. The van der Waals surface area contributed by atoms with E-state index in [1.807, 2.05) is 34.6 Å². The number of carbonyl (C=O) groups is 1. The van der Waals surface area contributed by atoms with Crippen molar-refractivity contribution in [3.8, 4) is 0 Å². The third kappa shape index (κ3) is 5.97. The lowest BCUT2D eigenvalue weighted by Gasteiger charge is -2.16. The van der Waals surface area contributed by atoms with Gasteiger partial charge in [0.25, 0.3) is 0 Å².